The van der Waals surface area contributed by atoms with Crippen LogP contribution in [0.5, 0.6) is 0 Å². The zero-order valence-electron chi connectivity index (χ0n) is 10.8. The Morgan fingerprint density at radius 1 is 0.800 bits per heavy atom. The highest BCUT2D eigenvalue weighted by Gasteiger charge is 2.04. The lowest BCUT2D eigenvalue weighted by atomic mass is 9.93. The first-order chi connectivity index (χ1) is 7.35. The number of hydrogen-bond donors (Lipinski definition) is 0. The van der Waals surface area contributed by atoms with Crippen molar-refractivity contribution in [2.75, 3.05) is 5.75 Å². The summed E-state index contributed by atoms with van der Waals surface area (Å²) in [5.41, 5.74) is 0. The third-order valence-electron chi connectivity index (χ3n) is 3.30. The van der Waals surface area contributed by atoms with Crippen LogP contribution in [-0.2, 0) is 0 Å². The average Bonchev–Trinajstić information content (AvgIpc) is 2.27. The molecule has 1 radical (unpaired) electrons. The van der Waals surface area contributed by atoms with Gasteiger partial charge in [-0.1, -0.05) is 84.3 Å². The van der Waals surface area contributed by atoms with Gasteiger partial charge in [0.05, 0.1) is 0 Å². The van der Waals surface area contributed by atoms with Crippen molar-refractivity contribution in [3.05, 3.63) is 0 Å². The minimum atomic E-state index is 0.952. The second-order valence-electron chi connectivity index (χ2n) is 4.68. The van der Waals surface area contributed by atoms with Crippen LogP contribution in [0.25, 0.3) is 0 Å². The number of hydrogen-bond acceptors (Lipinski definition) is 0. The normalized spacial score (nSPS) is 13.0. The molecule has 0 aromatic heterocycles. The van der Waals surface area contributed by atoms with Gasteiger partial charge in [-0.3, -0.25) is 0 Å². The van der Waals surface area contributed by atoms with E-state index in [2.05, 4.69) is 13.8 Å². The standard InChI is InChI=1S/C14H29S/c1-3-5-11-14(4-2)12-9-7-6-8-10-13-15/h14H,3-13H2,1-2H3. The van der Waals surface area contributed by atoms with E-state index in [-0.39, 0.29) is 0 Å². The van der Waals surface area contributed by atoms with Crippen LogP contribution < -0.4 is 0 Å². The monoisotopic (exact) mass is 229 g/mol. The molecule has 1 atom stereocenters. The molecule has 0 saturated heterocycles. The molecule has 0 saturated carbocycles. The maximum Gasteiger partial charge on any atom is 0.00369 e. The summed E-state index contributed by atoms with van der Waals surface area (Å²) in [4.78, 5) is 0. The van der Waals surface area contributed by atoms with Gasteiger partial charge in [-0.25, -0.2) is 0 Å². The van der Waals surface area contributed by atoms with Gasteiger partial charge >= 0.3 is 0 Å². The highest BCUT2D eigenvalue weighted by atomic mass is 32.1. The van der Waals surface area contributed by atoms with Gasteiger partial charge < -0.3 is 0 Å². The zero-order valence-corrected chi connectivity index (χ0v) is 11.6. The molecule has 1 heteroatoms. The Labute approximate surface area is 103 Å². The van der Waals surface area contributed by atoms with Gasteiger partial charge in [-0.2, -0.15) is 0 Å². The van der Waals surface area contributed by atoms with E-state index in [1.54, 1.807) is 0 Å². The van der Waals surface area contributed by atoms with Crippen molar-refractivity contribution < 1.29 is 0 Å². The van der Waals surface area contributed by atoms with Gasteiger partial charge in [-0.15, -0.1) is 0 Å². The first kappa shape index (κ1) is 15.3. The minimum absolute atomic E-state index is 0.952. The van der Waals surface area contributed by atoms with Crippen molar-refractivity contribution in [1.29, 1.82) is 0 Å². The summed E-state index contributed by atoms with van der Waals surface area (Å²) in [5.74, 6) is 1.96. The second-order valence-corrected chi connectivity index (χ2v) is 5.09. The summed E-state index contributed by atoms with van der Waals surface area (Å²) >= 11 is 4.94. The summed E-state index contributed by atoms with van der Waals surface area (Å²) in [6.07, 6.45) is 14.0. The first-order valence-electron chi connectivity index (χ1n) is 6.93. The Bertz CT molecular complexity index is 112. The van der Waals surface area contributed by atoms with Crippen LogP contribution in [0, 0.1) is 5.92 Å². The fourth-order valence-electron chi connectivity index (χ4n) is 2.11. The smallest absolute Gasteiger partial charge is 0.00369 e. The van der Waals surface area contributed by atoms with Gasteiger partial charge in [0, 0.05) is 5.75 Å². The molecule has 0 heterocycles. The predicted octanol–water partition coefficient (Wildman–Crippen LogP) is 5.74. The number of unbranched alkanes of at least 4 members (excludes halogenated alkanes) is 5. The molecule has 1 unspecified atom stereocenters. The topological polar surface area (TPSA) is 0 Å². The summed E-state index contributed by atoms with van der Waals surface area (Å²) in [6.45, 7) is 4.64. The van der Waals surface area contributed by atoms with Crippen molar-refractivity contribution in [1.82, 2.24) is 0 Å². The highest BCUT2D eigenvalue weighted by molar-refractivity contribution is 7.80. The second kappa shape index (κ2) is 12.4. The molecule has 0 spiro atoms. The summed E-state index contributed by atoms with van der Waals surface area (Å²) in [6, 6.07) is 0. The van der Waals surface area contributed by atoms with Crippen LogP contribution in [0.4, 0.5) is 0 Å². The molecule has 0 nitrogen and oxygen atoms in total. The molecule has 91 valence electrons. The van der Waals surface area contributed by atoms with E-state index >= 15 is 0 Å². The van der Waals surface area contributed by atoms with Crippen molar-refractivity contribution in [2.45, 2.75) is 78.1 Å². The zero-order chi connectivity index (χ0) is 11.4. The molecule has 0 N–H and O–H groups in total. The third-order valence-corrected chi connectivity index (χ3v) is 3.59. The quantitative estimate of drug-likeness (QED) is 0.396. The Morgan fingerprint density at radius 2 is 1.40 bits per heavy atom. The van der Waals surface area contributed by atoms with E-state index in [4.69, 9.17) is 12.6 Å². The fraction of sp³-hybridized carbons (Fsp3) is 1.00. The summed E-state index contributed by atoms with van der Waals surface area (Å²) < 4.78 is 0. The Hall–Kier alpha value is 0.350. The minimum Gasteiger partial charge on any atom is -0.0942 e. The highest BCUT2D eigenvalue weighted by Crippen LogP contribution is 2.20. The molecule has 0 fully saturated rings. The molecule has 0 amide bonds. The molecule has 0 bridgehead atoms. The fourth-order valence-corrected chi connectivity index (χ4v) is 2.31. The summed E-state index contributed by atoms with van der Waals surface area (Å²) in [5, 5.41) is 0. The lowest BCUT2D eigenvalue weighted by Crippen LogP contribution is -1.98. The summed E-state index contributed by atoms with van der Waals surface area (Å²) in [7, 11) is 0. The molecule has 0 aliphatic rings. The first-order valence-corrected chi connectivity index (χ1v) is 7.50. The third kappa shape index (κ3) is 10.6. The Morgan fingerprint density at radius 3 is 2.00 bits per heavy atom. The molecular weight excluding hydrogens is 200 g/mol. The van der Waals surface area contributed by atoms with Gasteiger partial charge in [-0.05, 0) is 12.3 Å². The van der Waals surface area contributed by atoms with E-state index in [1.165, 1.54) is 64.2 Å². The van der Waals surface area contributed by atoms with Gasteiger partial charge in [0.2, 0.25) is 0 Å². The lowest BCUT2D eigenvalue weighted by molar-refractivity contribution is 0.400. The van der Waals surface area contributed by atoms with Crippen LogP contribution >= 0.6 is 12.6 Å². The maximum atomic E-state index is 4.94. The van der Waals surface area contributed by atoms with Crippen molar-refractivity contribution in [3.63, 3.8) is 0 Å². The van der Waals surface area contributed by atoms with Gasteiger partial charge in [0.1, 0.15) is 0 Å². The number of rotatable bonds is 11. The van der Waals surface area contributed by atoms with Crippen LogP contribution in [0.2, 0.25) is 0 Å². The van der Waals surface area contributed by atoms with Crippen LogP contribution in [-0.4, -0.2) is 5.75 Å². The lowest BCUT2D eigenvalue weighted by Gasteiger charge is -2.13. The molecule has 0 aromatic carbocycles. The Kier molecular flexibility index (Phi) is 12.7. The molecule has 0 rings (SSSR count). The molecule has 0 aliphatic carbocycles. The van der Waals surface area contributed by atoms with Crippen molar-refractivity contribution in [2.24, 2.45) is 5.92 Å². The largest absolute Gasteiger partial charge is 0.0942 e. The SMILES string of the molecule is CCCCC(CC)CCCCCCC[S]. The van der Waals surface area contributed by atoms with Crippen molar-refractivity contribution >= 4 is 12.6 Å². The molecule has 0 aliphatic heterocycles. The van der Waals surface area contributed by atoms with E-state index in [1.807, 2.05) is 0 Å². The van der Waals surface area contributed by atoms with Gasteiger partial charge in [0.25, 0.3) is 0 Å². The molecular formula is C14H29S. The Balaban J connectivity index is 3.22. The van der Waals surface area contributed by atoms with Gasteiger partial charge in [0.15, 0.2) is 0 Å². The average molecular weight is 229 g/mol. The maximum absolute atomic E-state index is 4.94. The van der Waals surface area contributed by atoms with E-state index in [9.17, 15) is 0 Å². The van der Waals surface area contributed by atoms with E-state index < -0.39 is 0 Å². The molecule has 15 heavy (non-hydrogen) atoms. The van der Waals surface area contributed by atoms with Crippen molar-refractivity contribution in [3.8, 4) is 0 Å². The van der Waals surface area contributed by atoms with E-state index in [0.717, 1.165) is 11.7 Å². The van der Waals surface area contributed by atoms with Crippen LogP contribution in [0.15, 0.2) is 0 Å². The van der Waals surface area contributed by atoms with E-state index in [0.29, 0.717) is 0 Å². The van der Waals surface area contributed by atoms with Crippen LogP contribution in [0.1, 0.15) is 78.1 Å². The predicted molar refractivity (Wildman–Crippen MR) is 73.5 cm³/mol. The molecule has 0 aromatic rings. The van der Waals surface area contributed by atoms with Crippen LogP contribution in [0.3, 0.4) is 0 Å².